The van der Waals surface area contributed by atoms with Gasteiger partial charge in [0, 0.05) is 5.69 Å². The van der Waals surface area contributed by atoms with Gasteiger partial charge in [-0.2, -0.15) is 8.78 Å². The van der Waals surface area contributed by atoms with Gasteiger partial charge in [0.25, 0.3) is 5.91 Å². The van der Waals surface area contributed by atoms with E-state index in [0.29, 0.717) is 18.5 Å². The van der Waals surface area contributed by atoms with Crippen LogP contribution in [0.4, 0.5) is 19.3 Å². The van der Waals surface area contributed by atoms with Gasteiger partial charge in [-0.15, -0.1) is 0 Å². The van der Waals surface area contributed by atoms with E-state index in [4.69, 9.17) is 0 Å². The third-order valence-electron chi connectivity index (χ3n) is 5.29. The first-order valence-electron chi connectivity index (χ1n) is 9.49. The van der Waals surface area contributed by atoms with Crippen molar-refractivity contribution in [1.29, 1.82) is 0 Å². The number of hydrogen-bond acceptors (Lipinski definition) is 4. The summed E-state index contributed by atoms with van der Waals surface area (Å²) >= 11 is 0. The molecule has 1 saturated carbocycles. The zero-order valence-corrected chi connectivity index (χ0v) is 16.6. The molecule has 0 radical (unpaired) electrons. The van der Waals surface area contributed by atoms with Gasteiger partial charge in [-0.1, -0.05) is 20.8 Å². The number of imide groups is 1. The Kier molecular flexibility index (Phi) is 5.51. The molecule has 1 aromatic rings. The van der Waals surface area contributed by atoms with E-state index in [9.17, 15) is 23.2 Å². The second-order valence-corrected chi connectivity index (χ2v) is 8.71. The highest BCUT2D eigenvalue weighted by Crippen LogP contribution is 2.46. The van der Waals surface area contributed by atoms with Crippen LogP contribution in [0.5, 0.6) is 5.75 Å². The molecule has 2 atom stereocenters. The SMILES string of the molecule is CC1CC(C)(C)CC2(C1)NC(=O)N(CC(=O)Nc1ccc(OC(F)F)cc1)C2=O. The Labute approximate surface area is 167 Å². The van der Waals surface area contributed by atoms with Gasteiger partial charge in [-0.3, -0.25) is 14.5 Å². The standard InChI is InChI=1S/C20H25F2N3O4/c1-12-8-19(2,3)11-20(9-12)16(27)25(18(28)24-20)10-15(26)23-13-4-6-14(7-5-13)29-17(21)22/h4-7,12,17H,8-11H2,1-3H3,(H,23,26)(H,24,28). The quantitative estimate of drug-likeness (QED) is 0.730. The van der Waals surface area contributed by atoms with Crippen molar-refractivity contribution in [2.45, 2.75) is 52.2 Å². The van der Waals surface area contributed by atoms with Crippen molar-refractivity contribution in [3.05, 3.63) is 24.3 Å². The fourth-order valence-electron chi connectivity index (χ4n) is 4.71. The molecule has 2 N–H and O–H groups in total. The summed E-state index contributed by atoms with van der Waals surface area (Å²) in [6, 6.07) is 4.80. The van der Waals surface area contributed by atoms with Crippen molar-refractivity contribution in [2.24, 2.45) is 11.3 Å². The lowest BCUT2D eigenvalue weighted by atomic mass is 9.64. The molecule has 4 amide bonds. The zero-order chi connectivity index (χ0) is 21.4. The number of nitrogens with zero attached hydrogens (tertiary/aromatic N) is 1. The van der Waals surface area contributed by atoms with Crippen molar-refractivity contribution in [2.75, 3.05) is 11.9 Å². The van der Waals surface area contributed by atoms with Gasteiger partial charge in [-0.05, 0) is 54.9 Å². The van der Waals surface area contributed by atoms with Crippen molar-refractivity contribution in [1.82, 2.24) is 10.2 Å². The van der Waals surface area contributed by atoms with Gasteiger partial charge in [0.05, 0.1) is 0 Å². The molecule has 1 aliphatic carbocycles. The third-order valence-corrected chi connectivity index (χ3v) is 5.29. The van der Waals surface area contributed by atoms with E-state index in [0.717, 1.165) is 11.3 Å². The number of urea groups is 1. The van der Waals surface area contributed by atoms with E-state index in [1.165, 1.54) is 24.3 Å². The lowest BCUT2D eigenvalue weighted by molar-refractivity contribution is -0.136. The molecule has 29 heavy (non-hydrogen) atoms. The van der Waals surface area contributed by atoms with Crippen LogP contribution in [0.2, 0.25) is 0 Å². The number of carbonyl (C=O) groups is 3. The molecule has 7 nitrogen and oxygen atoms in total. The van der Waals surface area contributed by atoms with Gasteiger partial charge in [0.2, 0.25) is 5.91 Å². The molecule has 2 aliphatic rings. The smallest absolute Gasteiger partial charge is 0.387 e. The average Bonchev–Trinajstić information content (AvgIpc) is 2.78. The predicted octanol–water partition coefficient (Wildman–Crippen LogP) is 3.36. The van der Waals surface area contributed by atoms with E-state index in [1.54, 1.807) is 0 Å². The molecule has 1 aliphatic heterocycles. The second-order valence-electron chi connectivity index (χ2n) is 8.71. The van der Waals surface area contributed by atoms with Crippen molar-refractivity contribution >= 4 is 23.5 Å². The van der Waals surface area contributed by atoms with Gasteiger partial charge < -0.3 is 15.4 Å². The summed E-state index contributed by atoms with van der Waals surface area (Å²) in [5.41, 5.74) is -0.723. The van der Waals surface area contributed by atoms with Crippen molar-refractivity contribution in [3.63, 3.8) is 0 Å². The minimum Gasteiger partial charge on any atom is -0.435 e. The molecular formula is C20H25F2N3O4. The largest absolute Gasteiger partial charge is 0.435 e. The van der Waals surface area contributed by atoms with E-state index < -0.39 is 30.6 Å². The molecule has 158 valence electrons. The maximum absolute atomic E-state index is 13.0. The average molecular weight is 409 g/mol. The number of hydrogen-bond donors (Lipinski definition) is 2. The number of ether oxygens (including phenoxy) is 1. The Morgan fingerprint density at radius 3 is 2.52 bits per heavy atom. The Bertz CT molecular complexity index is 812. The third kappa shape index (κ3) is 4.65. The van der Waals surface area contributed by atoms with Gasteiger partial charge >= 0.3 is 12.6 Å². The Hall–Kier alpha value is -2.71. The van der Waals surface area contributed by atoms with Crippen LogP contribution in [0.3, 0.4) is 0 Å². The van der Waals surface area contributed by atoms with Crippen molar-refractivity contribution < 1.29 is 27.9 Å². The number of benzene rings is 1. The van der Waals surface area contributed by atoms with E-state index in [2.05, 4.69) is 36.1 Å². The first-order valence-corrected chi connectivity index (χ1v) is 9.49. The molecule has 9 heteroatoms. The van der Waals surface area contributed by atoms with E-state index in [1.807, 2.05) is 0 Å². The molecule has 1 saturated heterocycles. The molecule has 2 unspecified atom stereocenters. The van der Waals surface area contributed by atoms with Gasteiger partial charge in [-0.25, -0.2) is 4.79 Å². The first kappa shape index (κ1) is 21.0. The minimum atomic E-state index is -2.94. The highest BCUT2D eigenvalue weighted by molar-refractivity contribution is 6.10. The predicted molar refractivity (Wildman–Crippen MR) is 101 cm³/mol. The van der Waals surface area contributed by atoms with Crippen LogP contribution in [0.1, 0.15) is 40.0 Å². The lowest BCUT2D eigenvalue weighted by Crippen LogP contribution is -2.54. The summed E-state index contributed by atoms with van der Waals surface area (Å²) in [5, 5.41) is 5.37. The summed E-state index contributed by atoms with van der Waals surface area (Å²) in [5.74, 6) is -0.706. The molecule has 1 aromatic carbocycles. The number of carbonyl (C=O) groups excluding carboxylic acids is 3. The number of halogens is 2. The number of alkyl halides is 2. The zero-order valence-electron chi connectivity index (χ0n) is 16.6. The maximum Gasteiger partial charge on any atom is 0.387 e. The number of rotatable bonds is 5. The van der Waals surface area contributed by atoms with Crippen LogP contribution in [0.25, 0.3) is 0 Å². The maximum atomic E-state index is 13.0. The first-order chi connectivity index (χ1) is 13.5. The molecular weight excluding hydrogens is 384 g/mol. The van der Waals surface area contributed by atoms with Gasteiger partial charge in [0.1, 0.15) is 17.8 Å². The highest BCUT2D eigenvalue weighted by Gasteiger charge is 2.56. The van der Waals surface area contributed by atoms with E-state index in [-0.39, 0.29) is 23.0 Å². The monoisotopic (exact) mass is 409 g/mol. The van der Waals surface area contributed by atoms with Crippen LogP contribution >= 0.6 is 0 Å². The highest BCUT2D eigenvalue weighted by atomic mass is 19.3. The molecule has 3 rings (SSSR count). The summed E-state index contributed by atoms with van der Waals surface area (Å²) < 4.78 is 28.6. The van der Waals surface area contributed by atoms with Crippen LogP contribution in [-0.2, 0) is 9.59 Å². The Morgan fingerprint density at radius 2 is 1.93 bits per heavy atom. The molecule has 1 heterocycles. The molecule has 1 spiro atoms. The van der Waals surface area contributed by atoms with Crippen LogP contribution in [0.15, 0.2) is 24.3 Å². The fourth-order valence-corrected chi connectivity index (χ4v) is 4.71. The molecule has 2 fully saturated rings. The van der Waals surface area contributed by atoms with Crippen LogP contribution in [-0.4, -0.2) is 41.4 Å². The summed E-state index contributed by atoms with van der Waals surface area (Å²) in [7, 11) is 0. The van der Waals surface area contributed by atoms with Crippen LogP contribution in [0, 0.1) is 11.3 Å². The Morgan fingerprint density at radius 1 is 1.28 bits per heavy atom. The summed E-state index contributed by atoms with van der Waals surface area (Å²) in [6.07, 6.45) is 2.03. The van der Waals surface area contributed by atoms with Crippen LogP contribution < -0.4 is 15.4 Å². The Balaban J connectivity index is 1.65. The normalized spacial score (nSPS) is 26.0. The lowest BCUT2D eigenvalue weighted by Gasteiger charge is -2.43. The number of amides is 4. The topological polar surface area (TPSA) is 87.7 Å². The number of anilines is 1. The van der Waals surface area contributed by atoms with Crippen molar-refractivity contribution in [3.8, 4) is 5.75 Å². The number of nitrogens with one attached hydrogen (secondary N) is 2. The summed E-state index contributed by atoms with van der Waals surface area (Å²) in [4.78, 5) is 38.8. The minimum absolute atomic E-state index is 0.0388. The second kappa shape index (κ2) is 7.61. The van der Waals surface area contributed by atoms with E-state index >= 15 is 0 Å². The van der Waals surface area contributed by atoms with Gasteiger partial charge in [0.15, 0.2) is 0 Å². The summed E-state index contributed by atoms with van der Waals surface area (Å²) in [6.45, 7) is 2.84. The fraction of sp³-hybridized carbons (Fsp3) is 0.550. The molecule has 0 bridgehead atoms. The molecule has 0 aromatic heterocycles.